The Hall–Kier alpha value is -0.870. The minimum atomic E-state index is 0.186. The van der Waals surface area contributed by atoms with E-state index in [0.29, 0.717) is 6.04 Å². The van der Waals surface area contributed by atoms with Gasteiger partial charge >= 0.3 is 0 Å². The number of hydrogen-bond donors (Lipinski definition) is 4. The summed E-state index contributed by atoms with van der Waals surface area (Å²) in [6.07, 6.45) is 1.34. The smallest absolute Gasteiger partial charge is 0.0481 e. The molecule has 1 aliphatic rings. The predicted octanol–water partition coefficient (Wildman–Crippen LogP) is -0.181. The molecule has 0 saturated carbocycles. The molecule has 4 heteroatoms. The van der Waals surface area contributed by atoms with E-state index in [0.717, 1.165) is 24.4 Å². The van der Waals surface area contributed by atoms with Crippen LogP contribution in [0.15, 0.2) is 11.3 Å². The second-order valence-corrected chi connectivity index (χ2v) is 3.56. The molecular formula is C9H18N4. The van der Waals surface area contributed by atoms with Crippen molar-refractivity contribution in [3.05, 3.63) is 11.3 Å². The van der Waals surface area contributed by atoms with Gasteiger partial charge in [-0.15, -0.1) is 0 Å². The largest absolute Gasteiger partial charge is 0.402 e. The van der Waals surface area contributed by atoms with Gasteiger partial charge in [0.15, 0.2) is 0 Å². The van der Waals surface area contributed by atoms with Crippen molar-refractivity contribution in [1.29, 1.82) is 5.41 Å². The van der Waals surface area contributed by atoms with Crippen molar-refractivity contribution in [2.45, 2.75) is 25.9 Å². The zero-order chi connectivity index (χ0) is 9.84. The standard InChI is InChI=1S/C9H18N4/c1-6-4-12-5-9(13-6)8(3-10)7(2)11/h3,6,9-10,12-13H,4-5,11H2,1-2H3/b8-7+,10-3?. The van der Waals surface area contributed by atoms with E-state index in [1.807, 2.05) is 6.92 Å². The van der Waals surface area contributed by atoms with E-state index < -0.39 is 0 Å². The van der Waals surface area contributed by atoms with Crippen LogP contribution in [0.2, 0.25) is 0 Å². The molecule has 1 fully saturated rings. The molecule has 0 aromatic rings. The van der Waals surface area contributed by atoms with E-state index in [-0.39, 0.29) is 6.04 Å². The van der Waals surface area contributed by atoms with Crippen LogP contribution in [0.4, 0.5) is 0 Å². The van der Waals surface area contributed by atoms with Crippen molar-refractivity contribution < 1.29 is 0 Å². The van der Waals surface area contributed by atoms with E-state index in [1.165, 1.54) is 6.21 Å². The van der Waals surface area contributed by atoms with E-state index >= 15 is 0 Å². The lowest BCUT2D eigenvalue weighted by atomic mass is 10.0. The van der Waals surface area contributed by atoms with Crippen LogP contribution in [0, 0.1) is 5.41 Å². The molecule has 0 radical (unpaired) electrons. The number of hydrogen-bond acceptors (Lipinski definition) is 4. The molecule has 5 N–H and O–H groups in total. The Morgan fingerprint density at radius 3 is 2.69 bits per heavy atom. The summed E-state index contributed by atoms with van der Waals surface area (Å²) < 4.78 is 0. The van der Waals surface area contributed by atoms with Crippen LogP contribution >= 0.6 is 0 Å². The van der Waals surface area contributed by atoms with Gasteiger partial charge in [0.05, 0.1) is 0 Å². The van der Waals surface area contributed by atoms with Gasteiger partial charge < -0.3 is 21.8 Å². The average Bonchev–Trinajstić information content (AvgIpc) is 2.04. The maximum atomic E-state index is 7.26. The quantitative estimate of drug-likeness (QED) is 0.448. The third-order valence-electron chi connectivity index (χ3n) is 2.27. The first-order chi connectivity index (χ1) is 6.15. The molecule has 1 rings (SSSR count). The molecule has 1 heterocycles. The van der Waals surface area contributed by atoms with Gasteiger partial charge in [-0.2, -0.15) is 0 Å². The summed E-state index contributed by atoms with van der Waals surface area (Å²) in [5.41, 5.74) is 7.30. The highest BCUT2D eigenvalue weighted by Crippen LogP contribution is 2.06. The lowest BCUT2D eigenvalue weighted by Gasteiger charge is -2.30. The minimum Gasteiger partial charge on any atom is -0.402 e. The summed E-state index contributed by atoms with van der Waals surface area (Å²) in [6, 6.07) is 0.624. The topological polar surface area (TPSA) is 73.9 Å². The zero-order valence-corrected chi connectivity index (χ0v) is 8.22. The van der Waals surface area contributed by atoms with E-state index in [2.05, 4.69) is 17.6 Å². The summed E-state index contributed by atoms with van der Waals surface area (Å²) >= 11 is 0. The van der Waals surface area contributed by atoms with Gasteiger partial charge in [0.1, 0.15) is 0 Å². The fraction of sp³-hybridized carbons (Fsp3) is 0.667. The van der Waals surface area contributed by atoms with Gasteiger partial charge in [0.25, 0.3) is 0 Å². The zero-order valence-electron chi connectivity index (χ0n) is 8.22. The van der Waals surface area contributed by atoms with Crippen molar-refractivity contribution in [2.24, 2.45) is 5.73 Å². The summed E-state index contributed by atoms with van der Waals surface area (Å²) in [7, 11) is 0. The van der Waals surface area contributed by atoms with E-state index in [9.17, 15) is 0 Å². The molecule has 0 bridgehead atoms. The summed E-state index contributed by atoms with van der Waals surface area (Å²) in [5.74, 6) is 0. The Kier molecular flexibility index (Phi) is 3.45. The molecule has 2 unspecified atom stereocenters. The Bertz CT molecular complexity index is 218. The van der Waals surface area contributed by atoms with Crippen molar-refractivity contribution in [1.82, 2.24) is 10.6 Å². The molecule has 74 valence electrons. The van der Waals surface area contributed by atoms with Crippen LogP contribution in [0.3, 0.4) is 0 Å². The number of rotatable bonds is 2. The summed E-state index contributed by atoms with van der Waals surface area (Å²) in [6.45, 7) is 5.78. The Morgan fingerprint density at radius 1 is 1.54 bits per heavy atom. The van der Waals surface area contributed by atoms with Crippen molar-refractivity contribution in [3.63, 3.8) is 0 Å². The van der Waals surface area contributed by atoms with Crippen LogP contribution in [0.1, 0.15) is 13.8 Å². The third kappa shape index (κ3) is 2.54. The SMILES string of the molecule is C/C(N)=C(/C=N)C1CNCC(C)N1. The number of nitrogens with two attached hydrogens (primary N) is 1. The lowest BCUT2D eigenvalue weighted by Crippen LogP contribution is -2.54. The highest BCUT2D eigenvalue weighted by Gasteiger charge is 2.20. The fourth-order valence-corrected chi connectivity index (χ4v) is 1.59. The van der Waals surface area contributed by atoms with Gasteiger partial charge in [0.2, 0.25) is 0 Å². The molecular weight excluding hydrogens is 164 g/mol. The predicted molar refractivity (Wildman–Crippen MR) is 54.9 cm³/mol. The Balaban J connectivity index is 2.69. The number of allylic oxidation sites excluding steroid dienone is 1. The first-order valence-corrected chi connectivity index (χ1v) is 4.58. The van der Waals surface area contributed by atoms with E-state index in [4.69, 9.17) is 11.1 Å². The fourth-order valence-electron chi connectivity index (χ4n) is 1.59. The molecule has 4 nitrogen and oxygen atoms in total. The molecule has 0 amide bonds. The van der Waals surface area contributed by atoms with Crippen molar-refractivity contribution in [2.75, 3.05) is 13.1 Å². The van der Waals surface area contributed by atoms with Crippen LogP contribution in [-0.2, 0) is 0 Å². The van der Waals surface area contributed by atoms with Gasteiger partial charge in [-0.25, -0.2) is 0 Å². The van der Waals surface area contributed by atoms with Crippen LogP contribution in [0.25, 0.3) is 0 Å². The first kappa shape index (κ1) is 10.2. The van der Waals surface area contributed by atoms with Crippen molar-refractivity contribution in [3.8, 4) is 0 Å². The van der Waals surface area contributed by atoms with Gasteiger partial charge in [0, 0.05) is 42.7 Å². The highest BCUT2D eigenvalue weighted by molar-refractivity contribution is 5.78. The molecule has 1 aliphatic heterocycles. The van der Waals surface area contributed by atoms with Crippen LogP contribution in [-0.4, -0.2) is 31.4 Å². The molecule has 0 aromatic heterocycles. The number of piperazine rings is 1. The van der Waals surface area contributed by atoms with Gasteiger partial charge in [-0.05, 0) is 13.8 Å². The second kappa shape index (κ2) is 4.39. The molecule has 2 atom stereocenters. The van der Waals surface area contributed by atoms with Crippen LogP contribution in [0.5, 0.6) is 0 Å². The maximum absolute atomic E-state index is 7.26. The maximum Gasteiger partial charge on any atom is 0.0481 e. The van der Waals surface area contributed by atoms with E-state index in [1.54, 1.807) is 0 Å². The Morgan fingerprint density at radius 2 is 2.23 bits per heavy atom. The molecule has 0 spiro atoms. The second-order valence-electron chi connectivity index (χ2n) is 3.56. The Labute approximate surface area is 79.1 Å². The van der Waals surface area contributed by atoms with Gasteiger partial charge in [-0.3, -0.25) is 0 Å². The monoisotopic (exact) mass is 182 g/mol. The number of nitrogens with one attached hydrogen (secondary N) is 3. The minimum absolute atomic E-state index is 0.186. The normalized spacial score (nSPS) is 30.9. The molecule has 0 aliphatic carbocycles. The summed E-state index contributed by atoms with van der Waals surface area (Å²) in [5, 5.41) is 14.0. The average molecular weight is 182 g/mol. The molecule has 0 aromatic carbocycles. The highest BCUT2D eigenvalue weighted by atomic mass is 15.1. The van der Waals surface area contributed by atoms with Crippen molar-refractivity contribution >= 4 is 6.21 Å². The molecule has 13 heavy (non-hydrogen) atoms. The lowest BCUT2D eigenvalue weighted by molar-refractivity contribution is 0.387. The van der Waals surface area contributed by atoms with Gasteiger partial charge in [-0.1, -0.05) is 0 Å². The first-order valence-electron chi connectivity index (χ1n) is 4.58. The van der Waals surface area contributed by atoms with Crippen LogP contribution < -0.4 is 16.4 Å². The summed E-state index contributed by atoms with van der Waals surface area (Å²) in [4.78, 5) is 0. The molecule has 1 saturated heterocycles. The third-order valence-corrected chi connectivity index (χ3v) is 2.27.